The Balaban J connectivity index is 2.43. The molecule has 0 aliphatic carbocycles. The van der Waals surface area contributed by atoms with Crippen molar-refractivity contribution in [3.8, 4) is 0 Å². The summed E-state index contributed by atoms with van der Waals surface area (Å²) in [6, 6.07) is 8.07. The lowest BCUT2D eigenvalue weighted by atomic mass is 10.1. The Bertz CT molecular complexity index is 773. The number of hydrogen-bond donors (Lipinski definition) is 5. The van der Waals surface area contributed by atoms with Crippen LogP contribution in [-0.2, 0) is 15.3 Å². The van der Waals surface area contributed by atoms with Crippen molar-refractivity contribution in [2.75, 3.05) is 18.8 Å². The van der Waals surface area contributed by atoms with E-state index in [9.17, 15) is 19.7 Å². The Labute approximate surface area is 199 Å². The number of benzene rings is 1. The molecule has 2 amide bonds. The first-order valence-electron chi connectivity index (χ1n) is 11.1. The van der Waals surface area contributed by atoms with Gasteiger partial charge in [0.05, 0.1) is 0 Å². The summed E-state index contributed by atoms with van der Waals surface area (Å²) in [5, 5.41) is 25.1. The Kier molecular flexibility index (Phi) is 13.8. The molecular weight excluding hydrogens is 444 g/mol. The average Bonchev–Trinajstić information content (AvgIpc) is 2.72. The minimum Gasteiger partial charge on any atom is -0.352 e. The minimum atomic E-state index is -0.916. The first kappa shape index (κ1) is 28.4. The van der Waals surface area contributed by atoms with Gasteiger partial charge in [0.1, 0.15) is 0 Å². The summed E-state index contributed by atoms with van der Waals surface area (Å²) in [6.07, 6.45) is 1.76. The molecule has 1 aromatic carbocycles. The smallest absolute Gasteiger partial charge is 0.258 e. The lowest BCUT2D eigenvalue weighted by molar-refractivity contribution is -0.525. The standard InChI is InChI=1S/C22H36N6O4S/c1-16(2)10-12-24-14-19(8-9-20(29)26-22(23)27-28(31)32)25-21(30)11-13-33-15-18-6-4-17(3)5-7-18/h4-7,16,19,24H,8-15H2,1-3H3,(H,25,30)(H3,23,26,27,29)/t19-/m1/s1. The summed E-state index contributed by atoms with van der Waals surface area (Å²) in [4.78, 5) is 34.7. The molecule has 10 nitrogen and oxygen atoms in total. The fourth-order valence-electron chi connectivity index (χ4n) is 2.86. The van der Waals surface area contributed by atoms with Crippen LogP contribution in [0.25, 0.3) is 0 Å². The number of nitrogens with one attached hydrogen (secondary N) is 5. The SMILES string of the molecule is Cc1ccc(CSCCC(=O)N[C@H](CCC(=O)NC(=N)N[N+](=O)[O-])CNCCC(C)C)cc1. The largest absolute Gasteiger partial charge is 0.352 e. The summed E-state index contributed by atoms with van der Waals surface area (Å²) < 4.78 is 0. The molecule has 0 fully saturated rings. The van der Waals surface area contributed by atoms with E-state index < -0.39 is 16.9 Å². The van der Waals surface area contributed by atoms with Gasteiger partial charge in [0.2, 0.25) is 11.8 Å². The molecule has 11 heteroatoms. The summed E-state index contributed by atoms with van der Waals surface area (Å²) in [7, 11) is 0. The van der Waals surface area contributed by atoms with E-state index in [1.54, 1.807) is 17.2 Å². The van der Waals surface area contributed by atoms with Crippen LogP contribution < -0.4 is 21.4 Å². The van der Waals surface area contributed by atoms with Gasteiger partial charge in [-0.2, -0.15) is 11.8 Å². The molecule has 0 aromatic heterocycles. The molecule has 0 radical (unpaired) electrons. The van der Waals surface area contributed by atoms with Gasteiger partial charge in [0, 0.05) is 36.9 Å². The van der Waals surface area contributed by atoms with Gasteiger partial charge in [-0.15, -0.1) is 0 Å². The van der Waals surface area contributed by atoms with E-state index in [2.05, 4.69) is 54.1 Å². The average molecular weight is 481 g/mol. The van der Waals surface area contributed by atoms with E-state index in [4.69, 9.17) is 5.41 Å². The molecule has 1 atom stereocenters. The molecule has 33 heavy (non-hydrogen) atoms. The monoisotopic (exact) mass is 480 g/mol. The first-order valence-corrected chi connectivity index (χ1v) is 12.2. The number of amides is 2. The Morgan fingerprint density at radius 1 is 1.12 bits per heavy atom. The van der Waals surface area contributed by atoms with Crippen molar-refractivity contribution in [1.29, 1.82) is 5.41 Å². The maximum absolute atomic E-state index is 12.4. The van der Waals surface area contributed by atoms with Gasteiger partial charge in [0.25, 0.3) is 5.96 Å². The normalized spacial score (nSPS) is 11.6. The van der Waals surface area contributed by atoms with E-state index in [1.165, 1.54) is 11.1 Å². The van der Waals surface area contributed by atoms with E-state index in [0.717, 1.165) is 18.7 Å². The number of thioether (sulfide) groups is 1. The number of aryl methyl sites for hydroxylation is 1. The Morgan fingerprint density at radius 2 is 1.82 bits per heavy atom. The molecule has 1 rings (SSSR count). The maximum Gasteiger partial charge on any atom is 0.258 e. The van der Waals surface area contributed by atoms with Gasteiger partial charge in [-0.3, -0.25) is 20.3 Å². The van der Waals surface area contributed by atoms with Crippen molar-refractivity contribution in [2.24, 2.45) is 5.92 Å². The zero-order valence-corrected chi connectivity index (χ0v) is 20.4. The van der Waals surface area contributed by atoms with E-state index in [0.29, 0.717) is 31.1 Å². The lowest BCUT2D eigenvalue weighted by Crippen LogP contribution is -2.45. The van der Waals surface area contributed by atoms with Crippen molar-refractivity contribution in [2.45, 2.75) is 58.2 Å². The van der Waals surface area contributed by atoms with Gasteiger partial charge >= 0.3 is 0 Å². The van der Waals surface area contributed by atoms with Gasteiger partial charge in [-0.1, -0.05) is 49.1 Å². The summed E-state index contributed by atoms with van der Waals surface area (Å²) in [5.74, 6) is 0.804. The predicted molar refractivity (Wildman–Crippen MR) is 131 cm³/mol. The zero-order chi connectivity index (χ0) is 24.6. The highest BCUT2D eigenvalue weighted by Crippen LogP contribution is 2.14. The number of guanidine groups is 1. The molecule has 0 aliphatic rings. The van der Waals surface area contributed by atoms with Crippen molar-refractivity contribution < 1.29 is 14.6 Å². The third kappa shape index (κ3) is 14.9. The van der Waals surface area contributed by atoms with Gasteiger partial charge in [0.15, 0.2) is 5.03 Å². The summed E-state index contributed by atoms with van der Waals surface area (Å²) in [6.45, 7) is 7.64. The molecule has 5 N–H and O–H groups in total. The third-order valence-electron chi connectivity index (χ3n) is 4.70. The van der Waals surface area contributed by atoms with Crippen molar-refractivity contribution in [3.63, 3.8) is 0 Å². The topological polar surface area (TPSA) is 149 Å². The highest BCUT2D eigenvalue weighted by molar-refractivity contribution is 7.98. The molecule has 0 aliphatic heterocycles. The van der Waals surface area contributed by atoms with Crippen molar-refractivity contribution in [1.82, 2.24) is 21.4 Å². The van der Waals surface area contributed by atoms with Crippen LogP contribution in [0.15, 0.2) is 24.3 Å². The van der Waals surface area contributed by atoms with E-state index in [1.807, 2.05) is 6.92 Å². The number of carbonyl (C=O) groups excluding carboxylic acids is 2. The van der Waals surface area contributed by atoms with Crippen LogP contribution in [0.5, 0.6) is 0 Å². The number of carbonyl (C=O) groups is 2. The van der Waals surface area contributed by atoms with Crippen LogP contribution in [0.3, 0.4) is 0 Å². The zero-order valence-electron chi connectivity index (χ0n) is 19.6. The quantitative estimate of drug-likeness (QED) is 0.0850. The molecule has 0 saturated carbocycles. The molecule has 0 unspecified atom stereocenters. The molecule has 0 heterocycles. The third-order valence-corrected chi connectivity index (χ3v) is 5.73. The molecule has 0 spiro atoms. The fraction of sp³-hybridized carbons (Fsp3) is 0.591. The highest BCUT2D eigenvalue weighted by atomic mass is 32.2. The molecule has 184 valence electrons. The highest BCUT2D eigenvalue weighted by Gasteiger charge is 2.16. The summed E-state index contributed by atoms with van der Waals surface area (Å²) >= 11 is 1.70. The number of nitrogens with zero attached hydrogens (tertiary/aromatic N) is 1. The van der Waals surface area contributed by atoms with Crippen LogP contribution >= 0.6 is 11.8 Å². The van der Waals surface area contributed by atoms with Gasteiger partial charge in [-0.05, 0) is 37.8 Å². The van der Waals surface area contributed by atoms with Crippen LogP contribution in [0.1, 0.15) is 50.7 Å². The summed E-state index contributed by atoms with van der Waals surface area (Å²) in [5.41, 5.74) is 4.02. The van der Waals surface area contributed by atoms with Crippen LogP contribution in [0, 0.1) is 28.4 Å². The minimum absolute atomic E-state index is 0.0285. The number of hydrazine groups is 1. The maximum atomic E-state index is 12.4. The Hall–Kier alpha value is -2.66. The molecule has 1 aromatic rings. The number of hydrogen-bond acceptors (Lipinski definition) is 7. The Morgan fingerprint density at radius 3 is 2.45 bits per heavy atom. The predicted octanol–water partition coefficient (Wildman–Crippen LogP) is 2.35. The second-order valence-electron chi connectivity index (χ2n) is 8.27. The van der Waals surface area contributed by atoms with Crippen LogP contribution in [0.4, 0.5) is 0 Å². The molecule has 0 saturated heterocycles. The molecule has 0 bridgehead atoms. The van der Waals surface area contributed by atoms with Crippen LogP contribution in [-0.4, -0.2) is 47.7 Å². The van der Waals surface area contributed by atoms with Gasteiger partial charge < -0.3 is 10.6 Å². The number of nitro groups is 1. The first-order chi connectivity index (χ1) is 15.7. The fourth-order valence-corrected chi connectivity index (χ4v) is 3.76. The van der Waals surface area contributed by atoms with Crippen LogP contribution in [0.2, 0.25) is 0 Å². The lowest BCUT2D eigenvalue weighted by Gasteiger charge is -2.20. The van der Waals surface area contributed by atoms with E-state index >= 15 is 0 Å². The number of rotatable bonds is 15. The van der Waals surface area contributed by atoms with Gasteiger partial charge in [-0.25, -0.2) is 10.1 Å². The van der Waals surface area contributed by atoms with E-state index in [-0.39, 0.29) is 18.4 Å². The second kappa shape index (κ2) is 16.0. The second-order valence-corrected chi connectivity index (χ2v) is 9.38. The molecular formula is C22H36N6O4S. The van der Waals surface area contributed by atoms with Crippen molar-refractivity contribution in [3.05, 3.63) is 45.5 Å². The van der Waals surface area contributed by atoms with Crippen molar-refractivity contribution >= 4 is 29.5 Å².